The van der Waals surface area contributed by atoms with Gasteiger partial charge in [-0.15, -0.1) is 0 Å². The Bertz CT molecular complexity index is 1220. The summed E-state index contributed by atoms with van der Waals surface area (Å²) < 4.78 is 32.2. The van der Waals surface area contributed by atoms with Crippen molar-refractivity contribution in [3.63, 3.8) is 0 Å². The van der Waals surface area contributed by atoms with Gasteiger partial charge in [0.05, 0.1) is 39.7 Å². The Hall–Kier alpha value is -4.73. The van der Waals surface area contributed by atoms with Gasteiger partial charge in [0.15, 0.2) is 23.0 Å². The first kappa shape index (κ1) is 26.9. The van der Waals surface area contributed by atoms with Crippen molar-refractivity contribution in [2.45, 2.75) is 13.5 Å². The highest BCUT2D eigenvalue weighted by atomic mass is 16.6. The van der Waals surface area contributed by atoms with Crippen molar-refractivity contribution in [1.82, 2.24) is 5.43 Å². The maximum atomic E-state index is 12.9. The molecule has 10 nitrogen and oxygen atoms in total. The predicted molar refractivity (Wildman–Crippen MR) is 136 cm³/mol. The van der Waals surface area contributed by atoms with Crippen molar-refractivity contribution < 1.29 is 38.0 Å². The zero-order valence-corrected chi connectivity index (χ0v) is 21.0. The topological polar surface area (TPSA) is 114 Å². The summed E-state index contributed by atoms with van der Waals surface area (Å²) in [6, 6.07) is 17.1. The van der Waals surface area contributed by atoms with Gasteiger partial charge in [0.25, 0.3) is 0 Å². The van der Waals surface area contributed by atoms with Crippen LogP contribution in [0.5, 0.6) is 28.7 Å². The molecule has 0 saturated heterocycles. The molecule has 0 aliphatic carbocycles. The van der Waals surface area contributed by atoms with E-state index in [0.29, 0.717) is 35.2 Å². The number of methoxy groups -OCH3 is 3. The van der Waals surface area contributed by atoms with Crippen molar-refractivity contribution in [1.29, 1.82) is 0 Å². The number of carbonyl (C=O) groups excluding carboxylic acids is 2. The van der Waals surface area contributed by atoms with Crippen LogP contribution in [-0.4, -0.2) is 46.2 Å². The van der Waals surface area contributed by atoms with E-state index < -0.39 is 12.1 Å². The van der Waals surface area contributed by atoms with Crippen LogP contribution in [0.1, 0.15) is 28.4 Å². The van der Waals surface area contributed by atoms with Gasteiger partial charge in [0, 0.05) is 0 Å². The Balaban J connectivity index is 1.68. The van der Waals surface area contributed by atoms with Gasteiger partial charge in [0.2, 0.25) is 5.75 Å². The fourth-order valence-corrected chi connectivity index (χ4v) is 3.23. The number of amides is 1. The third-order valence-electron chi connectivity index (χ3n) is 4.95. The van der Waals surface area contributed by atoms with E-state index >= 15 is 0 Å². The standard InChI is InChI=1S/C27H28N2O8/c1-5-35-22-13-19(16-28-29-27(31)36-17-18-9-7-6-8-10-18)11-12-21(22)37-26(30)20-14-23(32-2)25(34-4)24(15-20)33-3/h6-16H,5,17H2,1-4H3,(H,29,31)/b28-16+. The summed E-state index contributed by atoms with van der Waals surface area (Å²) in [5.41, 5.74) is 3.95. The van der Waals surface area contributed by atoms with Crippen LogP contribution in [0.4, 0.5) is 4.79 Å². The van der Waals surface area contributed by atoms with Gasteiger partial charge in [0.1, 0.15) is 6.61 Å². The summed E-state index contributed by atoms with van der Waals surface area (Å²) in [6.45, 7) is 2.26. The first-order valence-corrected chi connectivity index (χ1v) is 11.3. The Morgan fingerprint density at radius 2 is 1.57 bits per heavy atom. The zero-order chi connectivity index (χ0) is 26.6. The highest BCUT2D eigenvalue weighted by Gasteiger charge is 2.20. The first-order valence-electron chi connectivity index (χ1n) is 11.3. The average Bonchev–Trinajstić information content (AvgIpc) is 2.93. The quantitative estimate of drug-likeness (QED) is 0.173. The molecule has 0 spiro atoms. The normalized spacial score (nSPS) is 10.5. The van der Waals surface area contributed by atoms with E-state index in [0.717, 1.165) is 5.56 Å². The Kier molecular flexibility index (Phi) is 9.72. The van der Waals surface area contributed by atoms with Gasteiger partial charge in [-0.3, -0.25) is 0 Å². The van der Waals surface area contributed by atoms with Crippen LogP contribution in [0.25, 0.3) is 0 Å². The molecule has 0 atom stereocenters. The molecular weight excluding hydrogens is 480 g/mol. The minimum absolute atomic E-state index is 0.128. The number of carbonyl (C=O) groups is 2. The fourth-order valence-electron chi connectivity index (χ4n) is 3.23. The highest BCUT2D eigenvalue weighted by Crippen LogP contribution is 2.38. The molecule has 0 aliphatic rings. The van der Waals surface area contributed by atoms with E-state index in [-0.39, 0.29) is 17.9 Å². The molecule has 3 aromatic carbocycles. The molecule has 3 aromatic rings. The lowest BCUT2D eigenvalue weighted by Crippen LogP contribution is -2.18. The SMILES string of the molecule is CCOc1cc(/C=N/NC(=O)OCc2ccccc2)ccc1OC(=O)c1cc(OC)c(OC)c(OC)c1. The second-order valence-corrected chi connectivity index (χ2v) is 7.37. The maximum Gasteiger partial charge on any atom is 0.428 e. The predicted octanol–water partition coefficient (Wildman–Crippen LogP) is 4.59. The molecule has 1 N–H and O–H groups in total. The number of nitrogens with zero attached hydrogens (tertiary/aromatic N) is 1. The molecular formula is C27H28N2O8. The first-order chi connectivity index (χ1) is 18.0. The molecule has 0 aromatic heterocycles. The Morgan fingerprint density at radius 3 is 2.19 bits per heavy atom. The number of benzene rings is 3. The van der Waals surface area contributed by atoms with Gasteiger partial charge in [-0.1, -0.05) is 30.3 Å². The molecule has 3 rings (SSSR count). The summed E-state index contributed by atoms with van der Waals surface area (Å²) in [6.07, 6.45) is 0.720. The highest BCUT2D eigenvalue weighted by molar-refractivity contribution is 5.93. The third-order valence-corrected chi connectivity index (χ3v) is 4.95. The van der Waals surface area contributed by atoms with Gasteiger partial charge < -0.3 is 28.4 Å². The average molecular weight is 509 g/mol. The molecule has 194 valence electrons. The maximum absolute atomic E-state index is 12.9. The van der Waals surface area contributed by atoms with Crippen molar-refractivity contribution in [3.05, 3.63) is 77.4 Å². The molecule has 37 heavy (non-hydrogen) atoms. The van der Waals surface area contributed by atoms with Crippen molar-refractivity contribution in [3.8, 4) is 28.7 Å². The van der Waals surface area contributed by atoms with Crippen LogP contribution < -0.4 is 29.1 Å². The lowest BCUT2D eigenvalue weighted by Gasteiger charge is -2.15. The fraction of sp³-hybridized carbons (Fsp3) is 0.222. The van der Waals surface area contributed by atoms with E-state index in [1.54, 1.807) is 25.1 Å². The Labute approximate surface area is 214 Å². The molecule has 0 heterocycles. The van der Waals surface area contributed by atoms with E-state index in [1.165, 1.54) is 39.7 Å². The second-order valence-electron chi connectivity index (χ2n) is 7.37. The van der Waals surface area contributed by atoms with Crippen LogP contribution >= 0.6 is 0 Å². The molecule has 0 fully saturated rings. The molecule has 0 bridgehead atoms. The summed E-state index contributed by atoms with van der Waals surface area (Å²) >= 11 is 0. The van der Waals surface area contributed by atoms with Gasteiger partial charge in [-0.25, -0.2) is 15.0 Å². The molecule has 1 amide bonds. The molecule has 0 saturated carbocycles. The van der Waals surface area contributed by atoms with Gasteiger partial charge in [-0.05, 0) is 48.4 Å². The number of esters is 1. The third kappa shape index (κ3) is 7.38. The minimum atomic E-state index is -0.693. The number of nitrogens with one attached hydrogen (secondary N) is 1. The second kappa shape index (κ2) is 13.4. The smallest absolute Gasteiger partial charge is 0.428 e. The van der Waals surface area contributed by atoms with Crippen LogP contribution in [0.3, 0.4) is 0 Å². The van der Waals surface area contributed by atoms with Crippen LogP contribution in [0.15, 0.2) is 65.8 Å². The van der Waals surface area contributed by atoms with Crippen molar-refractivity contribution >= 4 is 18.3 Å². The van der Waals surface area contributed by atoms with E-state index in [1.807, 2.05) is 30.3 Å². The van der Waals surface area contributed by atoms with Gasteiger partial charge in [-0.2, -0.15) is 5.10 Å². The number of hydrazone groups is 1. The molecule has 0 unspecified atom stereocenters. The lowest BCUT2D eigenvalue weighted by molar-refractivity contribution is 0.0727. The van der Waals surface area contributed by atoms with Crippen LogP contribution in [0, 0.1) is 0 Å². The number of rotatable bonds is 11. The van der Waals surface area contributed by atoms with Crippen LogP contribution in [-0.2, 0) is 11.3 Å². The van der Waals surface area contributed by atoms with Gasteiger partial charge >= 0.3 is 12.1 Å². The minimum Gasteiger partial charge on any atom is -0.493 e. The molecule has 10 heteroatoms. The molecule has 0 aliphatic heterocycles. The number of hydrogen-bond acceptors (Lipinski definition) is 9. The van der Waals surface area contributed by atoms with E-state index in [4.69, 9.17) is 28.4 Å². The van der Waals surface area contributed by atoms with E-state index in [9.17, 15) is 9.59 Å². The van der Waals surface area contributed by atoms with Crippen LogP contribution in [0.2, 0.25) is 0 Å². The largest absolute Gasteiger partial charge is 0.493 e. The number of ether oxygens (including phenoxy) is 6. The summed E-state index contributed by atoms with van der Waals surface area (Å²) in [5.74, 6) is 0.870. The summed E-state index contributed by atoms with van der Waals surface area (Å²) in [5, 5.41) is 3.90. The summed E-state index contributed by atoms with van der Waals surface area (Å²) in [4.78, 5) is 24.7. The summed E-state index contributed by atoms with van der Waals surface area (Å²) in [7, 11) is 4.39. The monoisotopic (exact) mass is 508 g/mol. The molecule has 0 radical (unpaired) electrons. The van der Waals surface area contributed by atoms with Crippen molar-refractivity contribution in [2.75, 3.05) is 27.9 Å². The number of hydrogen-bond donors (Lipinski definition) is 1. The lowest BCUT2D eigenvalue weighted by atomic mass is 10.1. The Morgan fingerprint density at radius 1 is 0.865 bits per heavy atom. The zero-order valence-electron chi connectivity index (χ0n) is 21.0. The van der Waals surface area contributed by atoms with Crippen molar-refractivity contribution in [2.24, 2.45) is 5.10 Å². The van der Waals surface area contributed by atoms with E-state index in [2.05, 4.69) is 10.5 Å².